The number of aromatic nitrogens is 1. The van der Waals surface area contributed by atoms with Crippen LogP contribution in [0.15, 0.2) is 22.8 Å². The molecule has 5 nitrogen and oxygen atoms in total. The van der Waals surface area contributed by atoms with Crippen molar-refractivity contribution in [2.45, 2.75) is 6.92 Å². The Hall–Kier alpha value is -2.51. The Labute approximate surface area is 111 Å². The number of nitrogens with zero attached hydrogens (tertiary/aromatic N) is 1. The van der Waals surface area contributed by atoms with Crippen molar-refractivity contribution >= 4 is 17.7 Å². The van der Waals surface area contributed by atoms with Crippen LogP contribution in [0.3, 0.4) is 0 Å². The van der Waals surface area contributed by atoms with Crippen LogP contribution < -0.4 is 5.32 Å². The lowest BCUT2D eigenvalue weighted by molar-refractivity contribution is 0.0519. The number of carbonyl (C=O) groups excluding carboxylic acids is 1. The zero-order chi connectivity index (χ0) is 14.7. The number of anilines is 2. The number of ether oxygens (including phenoxy) is 1. The van der Waals surface area contributed by atoms with Crippen molar-refractivity contribution in [3.8, 4) is 0 Å². The second kappa shape index (κ2) is 5.64. The summed E-state index contributed by atoms with van der Waals surface area (Å²) in [4.78, 5) is 15.0. The Morgan fingerprint density at radius 1 is 1.35 bits per heavy atom. The number of carbonyl (C=O) groups is 1. The highest BCUT2D eigenvalue weighted by Gasteiger charge is 2.17. The van der Waals surface area contributed by atoms with Crippen molar-refractivity contribution in [3.05, 3.63) is 41.5 Å². The first-order valence-electron chi connectivity index (χ1n) is 5.56. The smallest absolute Gasteiger partial charge is 0.360 e. The van der Waals surface area contributed by atoms with Gasteiger partial charge in [0.15, 0.2) is 23.1 Å². The van der Waals surface area contributed by atoms with Crippen molar-refractivity contribution in [1.82, 2.24) is 4.98 Å². The third kappa shape index (κ3) is 2.73. The maximum absolute atomic E-state index is 13.4. The monoisotopic (exact) mass is 286 g/mol. The summed E-state index contributed by atoms with van der Waals surface area (Å²) >= 11 is 0. The average molecular weight is 286 g/mol. The van der Waals surface area contributed by atoms with Gasteiger partial charge in [-0.05, 0) is 19.1 Å². The molecule has 0 unspecified atom stereocenters. The topological polar surface area (TPSA) is 64.4 Å². The normalized spacial score (nSPS) is 10.4. The van der Waals surface area contributed by atoms with Crippen molar-refractivity contribution in [1.29, 1.82) is 0 Å². The van der Waals surface area contributed by atoms with E-state index in [9.17, 15) is 18.0 Å². The summed E-state index contributed by atoms with van der Waals surface area (Å²) in [6.45, 7) is 1.78. The predicted octanol–water partition coefficient (Wildman–Crippen LogP) is 3.01. The summed E-state index contributed by atoms with van der Waals surface area (Å²) in [6, 6.07) is 1.47. The first-order chi connectivity index (χ1) is 9.52. The number of hydrogen-bond donors (Lipinski definition) is 1. The molecule has 0 fully saturated rings. The zero-order valence-electron chi connectivity index (χ0n) is 10.2. The van der Waals surface area contributed by atoms with Crippen LogP contribution in [0.1, 0.15) is 17.4 Å². The average Bonchev–Trinajstić information content (AvgIpc) is 2.88. The molecule has 0 atom stereocenters. The Morgan fingerprint density at radius 2 is 2.10 bits per heavy atom. The summed E-state index contributed by atoms with van der Waals surface area (Å²) in [5.41, 5.74) is -0.501. The molecule has 20 heavy (non-hydrogen) atoms. The first-order valence-corrected chi connectivity index (χ1v) is 5.56. The number of halogens is 3. The molecule has 0 aliphatic rings. The van der Waals surface area contributed by atoms with Crippen molar-refractivity contribution in [2.24, 2.45) is 0 Å². The summed E-state index contributed by atoms with van der Waals surface area (Å²) in [7, 11) is 0. The van der Waals surface area contributed by atoms with E-state index in [1.54, 1.807) is 6.92 Å². The lowest BCUT2D eigenvalue weighted by atomic mass is 10.3. The maximum atomic E-state index is 13.4. The second-order valence-corrected chi connectivity index (χ2v) is 3.61. The molecular weight excluding hydrogens is 277 g/mol. The van der Waals surface area contributed by atoms with E-state index in [1.165, 1.54) is 0 Å². The van der Waals surface area contributed by atoms with Gasteiger partial charge < -0.3 is 14.5 Å². The molecule has 1 heterocycles. The molecule has 8 heteroatoms. The fourth-order valence-corrected chi connectivity index (χ4v) is 1.37. The quantitative estimate of drug-likeness (QED) is 0.691. The molecule has 0 aliphatic heterocycles. The molecule has 0 bridgehead atoms. The molecule has 0 saturated carbocycles. The predicted molar refractivity (Wildman–Crippen MR) is 62.1 cm³/mol. The van der Waals surface area contributed by atoms with Crippen LogP contribution >= 0.6 is 0 Å². The Bertz CT molecular complexity index is 643. The molecule has 0 amide bonds. The third-order valence-corrected chi connectivity index (χ3v) is 2.27. The molecule has 2 rings (SSSR count). The summed E-state index contributed by atoms with van der Waals surface area (Å²) < 4.78 is 48.7. The Kier molecular flexibility index (Phi) is 3.92. The fourth-order valence-electron chi connectivity index (χ4n) is 1.37. The third-order valence-electron chi connectivity index (χ3n) is 2.27. The van der Waals surface area contributed by atoms with Gasteiger partial charge in [-0.15, -0.1) is 0 Å². The standard InChI is InChI=1S/C12H9F3N2O3/c1-2-19-11(18)8-5-20-12(17-8)16-7-4-3-6(13)9(14)10(7)15/h3-5H,2H2,1H3,(H,16,17). The summed E-state index contributed by atoms with van der Waals surface area (Å²) in [6.07, 6.45) is 0.998. The van der Waals surface area contributed by atoms with E-state index >= 15 is 0 Å². The van der Waals surface area contributed by atoms with Gasteiger partial charge in [0.2, 0.25) is 0 Å². The number of hydrogen-bond acceptors (Lipinski definition) is 5. The maximum Gasteiger partial charge on any atom is 0.360 e. The van der Waals surface area contributed by atoms with Gasteiger partial charge in [-0.2, -0.15) is 4.98 Å². The van der Waals surface area contributed by atoms with Crippen LogP contribution in [0, 0.1) is 17.5 Å². The number of esters is 1. The van der Waals surface area contributed by atoms with Gasteiger partial charge in [-0.1, -0.05) is 0 Å². The van der Waals surface area contributed by atoms with Crippen molar-refractivity contribution < 1.29 is 27.1 Å². The molecule has 106 valence electrons. The highest BCUT2D eigenvalue weighted by atomic mass is 19.2. The first kappa shape index (κ1) is 13.9. The highest BCUT2D eigenvalue weighted by Crippen LogP contribution is 2.23. The van der Waals surface area contributed by atoms with E-state index in [4.69, 9.17) is 4.42 Å². The van der Waals surface area contributed by atoms with Crippen molar-refractivity contribution in [3.63, 3.8) is 0 Å². The minimum absolute atomic E-state index is 0.127. The van der Waals surface area contributed by atoms with Gasteiger partial charge in [0, 0.05) is 0 Å². The zero-order valence-corrected chi connectivity index (χ0v) is 10.2. The van der Waals surface area contributed by atoms with Gasteiger partial charge >= 0.3 is 5.97 Å². The SMILES string of the molecule is CCOC(=O)c1coc(Nc2ccc(F)c(F)c2F)n1. The minimum atomic E-state index is -1.62. The van der Waals surface area contributed by atoms with Gasteiger partial charge in [-0.3, -0.25) is 0 Å². The van der Waals surface area contributed by atoms with E-state index in [2.05, 4.69) is 15.0 Å². The number of rotatable bonds is 4. The van der Waals surface area contributed by atoms with E-state index in [0.717, 1.165) is 18.4 Å². The molecule has 1 aromatic heterocycles. The highest BCUT2D eigenvalue weighted by molar-refractivity contribution is 5.87. The molecule has 0 aliphatic carbocycles. The van der Waals surface area contributed by atoms with Crippen LogP contribution in [0.5, 0.6) is 0 Å². The summed E-state index contributed by atoms with van der Waals surface area (Å²) in [5.74, 6) is -5.06. The van der Waals surface area contributed by atoms with Crippen LogP contribution in [-0.4, -0.2) is 17.6 Å². The van der Waals surface area contributed by atoms with Crippen LogP contribution in [-0.2, 0) is 4.74 Å². The van der Waals surface area contributed by atoms with E-state index in [-0.39, 0.29) is 24.0 Å². The Balaban J connectivity index is 2.19. The Morgan fingerprint density at radius 3 is 2.80 bits per heavy atom. The van der Waals surface area contributed by atoms with Gasteiger partial charge in [-0.25, -0.2) is 18.0 Å². The number of oxazole rings is 1. The van der Waals surface area contributed by atoms with Crippen LogP contribution in [0.4, 0.5) is 24.9 Å². The van der Waals surface area contributed by atoms with Gasteiger partial charge in [0.05, 0.1) is 12.3 Å². The van der Waals surface area contributed by atoms with Gasteiger partial charge in [0.25, 0.3) is 6.01 Å². The molecular formula is C12H9F3N2O3. The van der Waals surface area contributed by atoms with Crippen LogP contribution in [0.2, 0.25) is 0 Å². The summed E-state index contributed by atoms with van der Waals surface area (Å²) in [5, 5.41) is 2.29. The van der Waals surface area contributed by atoms with E-state index in [1.807, 2.05) is 0 Å². The molecule has 1 aromatic carbocycles. The molecule has 2 aromatic rings. The lowest BCUT2D eigenvalue weighted by Gasteiger charge is -2.04. The molecule has 0 radical (unpaired) electrons. The lowest BCUT2D eigenvalue weighted by Crippen LogP contribution is -2.05. The minimum Gasteiger partial charge on any atom is -0.461 e. The van der Waals surface area contributed by atoms with E-state index < -0.39 is 23.4 Å². The fraction of sp³-hybridized carbons (Fsp3) is 0.167. The molecule has 0 saturated heterocycles. The van der Waals surface area contributed by atoms with Gasteiger partial charge in [0.1, 0.15) is 6.26 Å². The number of nitrogens with one attached hydrogen (secondary N) is 1. The van der Waals surface area contributed by atoms with Crippen molar-refractivity contribution in [2.75, 3.05) is 11.9 Å². The largest absolute Gasteiger partial charge is 0.461 e. The molecule has 0 spiro atoms. The van der Waals surface area contributed by atoms with E-state index in [0.29, 0.717) is 0 Å². The van der Waals surface area contributed by atoms with Crippen LogP contribution in [0.25, 0.3) is 0 Å². The second-order valence-electron chi connectivity index (χ2n) is 3.61. The molecule has 1 N–H and O–H groups in total. The number of benzene rings is 1.